The van der Waals surface area contributed by atoms with E-state index in [1.54, 1.807) is 6.07 Å². The maximum atomic E-state index is 12.5. The number of hydrogen-bond donors (Lipinski definition) is 1. The molecule has 0 aromatic heterocycles. The van der Waals surface area contributed by atoms with E-state index in [2.05, 4.69) is 43.3 Å². The summed E-state index contributed by atoms with van der Waals surface area (Å²) >= 11 is 5.59. The zero-order valence-electron chi connectivity index (χ0n) is 13.5. The van der Waals surface area contributed by atoms with Crippen LogP contribution in [0.1, 0.15) is 41.6 Å². The van der Waals surface area contributed by atoms with Crippen LogP contribution in [0.4, 0.5) is 5.69 Å². The zero-order valence-corrected chi connectivity index (χ0v) is 18.3. The molecule has 1 saturated carbocycles. The quantitative estimate of drug-likeness (QED) is 0.332. The predicted octanol–water partition coefficient (Wildman–Crippen LogP) is 5.00. The van der Waals surface area contributed by atoms with Gasteiger partial charge in [0, 0.05) is 16.1 Å². The summed E-state index contributed by atoms with van der Waals surface area (Å²) in [7, 11) is 1.34. The van der Waals surface area contributed by atoms with Gasteiger partial charge in [-0.1, -0.05) is 0 Å². The number of nitrogens with one attached hydrogen (secondary N) is 1. The molecule has 0 heterocycles. The number of hydrogen-bond acceptors (Lipinski definition) is 4. The van der Waals surface area contributed by atoms with Crippen LogP contribution in [-0.4, -0.2) is 25.1 Å². The van der Waals surface area contributed by atoms with Gasteiger partial charge in [0.2, 0.25) is 5.91 Å². The summed E-state index contributed by atoms with van der Waals surface area (Å²) in [5.41, 5.74) is 1.94. The van der Waals surface area contributed by atoms with E-state index in [-0.39, 0.29) is 17.9 Å². The Bertz CT molecular complexity index is 620. The molecule has 0 bridgehead atoms. The summed E-state index contributed by atoms with van der Waals surface area (Å²) in [6.07, 6.45) is 3.78. The van der Waals surface area contributed by atoms with Crippen LogP contribution in [-0.2, 0) is 14.1 Å². The van der Waals surface area contributed by atoms with Crippen molar-refractivity contribution < 1.29 is 18.8 Å². The molecule has 8 heteroatoms. The third-order valence-corrected chi connectivity index (χ3v) is 6.07. The molecule has 0 radical (unpaired) electrons. The Hall–Kier alpha value is -0.240. The Labute approximate surface area is 165 Å². The van der Waals surface area contributed by atoms with Crippen molar-refractivity contribution in [1.82, 2.24) is 0 Å². The average molecular weight is 528 g/mol. The van der Waals surface area contributed by atoms with Gasteiger partial charge in [0.05, 0.1) is 25.2 Å². The first kappa shape index (κ1) is 20.1. The number of ether oxygens (including phenoxy) is 1. The highest BCUT2D eigenvalue weighted by molar-refractivity contribution is 14.2. The van der Waals surface area contributed by atoms with Crippen molar-refractivity contribution in [2.45, 2.75) is 38.7 Å². The van der Waals surface area contributed by atoms with Gasteiger partial charge in [-0.25, -0.2) is 4.79 Å². The molecule has 132 valence electrons. The lowest BCUT2D eigenvalue weighted by atomic mass is 9.87. The van der Waals surface area contributed by atoms with Crippen LogP contribution in [0.3, 0.4) is 0 Å². The van der Waals surface area contributed by atoms with Crippen molar-refractivity contribution in [3.8, 4) is 0 Å². The summed E-state index contributed by atoms with van der Waals surface area (Å²) < 4.78 is 11.1. The van der Waals surface area contributed by atoms with E-state index in [0.29, 0.717) is 22.2 Å². The van der Waals surface area contributed by atoms with Gasteiger partial charge in [-0.2, -0.15) is 0 Å². The van der Waals surface area contributed by atoms with Crippen LogP contribution in [0.15, 0.2) is 16.6 Å². The normalized spacial score (nSPS) is 21.0. The first-order valence-corrected chi connectivity index (χ1v) is 12.5. The van der Waals surface area contributed by atoms with E-state index >= 15 is 0 Å². The Morgan fingerprint density at radius 3 is 2.54 bits per heavy atom. The van der Waals surface area contributed by atoms with Crippen LogP contribution in [0.25, 0.3) is 0 Å². The minimum atomic E-state index is -0.435. The first-order valence-electron chi connectivity index (χ1n) is 7.66. The molecule has 1 aromatic rings. The summed E-state index contributed by atoms with van der Waals surface area (Å²) in [5, 5.41) is 2.97. The smallest absolute Gasteiger partial charge is 0.339 e. The summed E-state index contributed by atoms with van der Waals surface area (Å²) in [4.78, 5) is 24.3. The van der Waals surface area contributed by atoms with Crippen LogP contribution in [0.5, 0.6) is 0 Å². The molecule has 24 heavy (non-hydrogen) atoms. The van der Waals surface area contributed by atoms with E-state index in [0.717, 1.165) is 31.2 Å². The number of anilines is 1. The second-order valence-electron chi connectivity index (χ2n) is 5.80. The van der Waals surface area contributed by atoms with Crippen molar-refractivity contribution in [2.75, 3.05) is 12.4 Å². The molecule has 0 aliphatic heterocycles. The third-order valence-electron chi connectivity index (χ3n) is 4.23. The minimum absolute atomic E-state index is 0.00612. The van der Waals surface area contributed by atoms with Crippen LogP contribution in [0, 0.1) is 12.8 Å². The molecule has 1 amide bonds. The van der Waals surface area contributed by atoms with Crippen molar-refractivity contribution >= 4 is 62.0 Å². The SMILES string of the molecule is COC(=O)c1cc(NC(=O)C2CCC(OPI)CC2)c(C)cc1Br. The maximum Gasteiger partial charge on any atom is 0.339 e. The highest BCUT2D eigenvalue weighted by Crippen LogP contribution is 2.34. The van der Waals surface area contributed by atoms with Crippen molar-refractivity contribution in [1.29, 1.82) is 0 Å². The number of methoxy groups -OCH3 is 1. The molecular weight excluding hydrogens is 508 g/mol. The van der Waals surface area contributed by atoms with Gasteiger partial charge in [0.1, 0.15) is 0 Å². The highest BCUT2D eigenvalue weighted by atomic mass is 127. The molecule has 1 aliphatic carbocycles. The molecule has 5 nitrogen and oxygen atoms in total. The molecule has 1 N–H and O–H groups in total. The van der Waals surface area contributed by atoms with Gasteiger partial charge in [-0.3, -0.25) is 4.79 Å². The number of rotatable bonds is 5. The lowest BCUT2D eigenvalue weighted by molar-refractivity contribution is -0.121. The summed E-state index contributed by atoms with van der Waals surface area (Å²) in [6.45, 7) is 2.36. The van der Waals surface area contributed by atoms with E-state index in [9.17, 15) is 9.59 Å². The molecule has 0 saturated heterocycles. The fourth-order valence-electron chi connectivity index (χ4n) is 2.81. The second kappa shape index (κ2) is 9.46. The fraction of sp³-hybridized carbons (Fsp3) is 0.500. The van der Waals surface area contributed by atoms with E-state index in [4.69, 9.17) is 9.26 Å². The fourth-order valence-corrected chi connectivity index (χ4v) is 4.87. The number of aryl methyl sites for hydroxylation is 1. The van der Waals surface area contributed by atoms with Gasteiger partial charge in [0.15, 0.2) is 0 Å². The average Bonchev–Trinajstić information content (AvgIpc) is 2.57. The number of halogens is 2. The van der Waals surface area contributed by atoms with Gasteiger partial charge in [0.25, 0.3) is 0 Å². The monoisotopic (exact) mass is 527 g/mol. The number of amides is 1. The lowest BCUT2D eigenvalue weighted by Crippen LogP contribution is -2.29. The van der Waals surface area contributed by atoms with E-state index in [1.807, 2.05) is 13.0 Å². The molecule has 2 rings (SSSR count). The Balaban J connectivity index is 2.05. The predicted molar refractivity (Wildman–Crippen MR) is 108 cm³/mol. The standard InChI is InChI=1S/C16H20BrINO4P/c1-9-7-13(17)12(16(21)22-2)8-14(9)19-15(20)10-3-5-11(6-4-10)23-24-18/h7-8,10-11,24H,3-6H2,1-2H3,(H,19,20). The maximum absolute atomic E-state index is 12.5. The van der Waals surface area contributed by atoms with Crippen LogP contribution >= 0.6 is 44.4 Å². The van der Waals surface area contributed by atoms with Gasteiger partial charge in [-0.15, -0.1) is 0 Å². The van der Waals surface area contributed by atoms with Crippen molar-refractivity contribution in [2.24, 2.45) is 5.92 Å². The Morgan fingerprint density at radius 1 is 1.29 bits per heavy atom. The molecule has 1 aromatic carbocycles. The molecule has 1 unspecified atom stereocenters. The van der Waals surface area contributed by atoms with Crippen molar-refractivity contribution in [3.63, 3.8) is 0 Å². The van der Waals surface area contributed by atoms with Gasteiger partial charge in [-0.05, 0) is 88.3 Å². The van der Waals surface area contributed by atoms with Crippen molar-refractivity contribution in [3.05, 3.63) is 27.7 Å². The van der Waals surface area contributed by atoms with Crippen LogP contribution in [0.2, 0.25) is 0 Å². The topological polar surface area (TPSA) is 64.6 Å². The number of benzene rings is 1. The minimum Gasteiger partial charge on any atom is -0.465 e. The molecule has 1 aliphatic rings. The Morgan fingerprint density at radius 2 is 1.96 bits per heavy atom. The number of esters is 1. The molecular formula is C16H20BrINO4P. The lowest BCUT2D eigenvalue weighted by Gasteiger charge is -2.27. The number of carbonyl (C=O) groups is 2. The number of carbonyl (C=O) groups excluding carboxylic acids is 2. The van der Waals surface area contributed by atoms with E-state index < -0.39 is 5.97 Å². The van der Waals surface area contributed by atoms with Gasteiger partial charge < -0.3 is 14.6 Å². The van der Waals surface area contributed by atoms with E-state index in [1.165, 1.54) is 7.11 Å². The van der Waals surface area contributed by atoms with Gasteiger partial charge >= 0.3 is 5.97 Å². The van der Waals surface area contributed by atoms with Crippen LogP contribution < -0.4 is 5.32 Å². The molecule has 1 fully saturated rings. The zero-order chi connectivity index (χ0) is 17.7. The molecule has 0 spiro atoms. The summed E-state index contributed by atoms with van der Waals surface area (Å²) in [6, 6.07) is 3.48. The Kier molecular flexibility index (Phi) is 7.91. The molecule has 1 atom stereocenters. The summed E-state index contributed by atoms with van der Waals surface area (Å²) in [5.74, 6) is -0.437. The highest BCUT2D eigenvalue weighted by Gasteiger charge is 2.27. The third kappa shape index (κ3) is 5.13. The second-order valence-corrected chi connectivity index (χ2v) is 8.36. The largest absolute Gasteiger partial charge is 0.465 e. The first-order chi connectivity index (χ1) is 11.5.